The molecule has 0 aliphatic heterocycles. The lowest BCUT2D eigenvalue weighted by atomic mass is 10.1. The van der Waals surface area contributed by atoms with E-state index in [1.54, 1.807) is 6.92 Å². The van der Waals surface area contributed by atoms with Gasteiger partial charge in [-0.05, 0) is 12.1 Å². The number of tetrazole rings is 1. The van der Waals surface area contributed by atoms with Crippen LogP contribution in [0.2, 0.25) is 0 Å². The number of allylic oxidation sites excluding steroid dienone is 1. The molecule has 0 aliphatic rings. The molecule has 0 saturated carbocycles. The van der Waals surface area contributed by atoms with Crippen LogP contribution in [0.1, 0.15) is 23.1 Å². The Morgan fingerprint density at radius 3 is 2.83 bits per heavy atom. The fourth-order valence-electron chi connectivity index (χ4n) is 1.86. The van der Waals surface area contributed by atoms with E-state index in [-0.39, 0.29) is 22.6 Å². The van der Waals surface area contributed by atoms with Crippen molar-refractivity contribution >= 4 is 17.2 Å². The van der Waals surface area contributed by atoms with Gasteiger partial charge in [-0.25, -0.2) is 4.79 Å². The number of nitrogens with one attached hydrogen (secondary N) is 2. The lowest BCUT2D eigenvalue weighted by molar-refractivity contribution is 0.0697. The number of aromatic carboxylic acids is 1. The maximum Gasteiger partial charge on any atom is 0.337 e. The van der Waals surface area contributed by atoms with Gasteiger partial charge in [0.25, 0.3) is 0 Å². The number of hydrogen-bond donors (Lipinski definition) is 3. The van der Waals surface area contributed by atoms with Gasteiger partial charge in [0.2, 0.25) is 5.82 Å². The molecule has 0 aliphatic carbocycles. The van der Waals surface area contributed by atoms with Gasteiger partial charge in [0.1, 0.15) is 11.6 Å². The van der Waals surface area contributed by atoms with Gasteiger partial charge >= 0.3 is 5.97 Å². The summed E-state index contributed by atoms with van der Waals surface area (Å²) in [7, 11) is 1.44. The lowest BCUT2D eigenvalue weighted by Gasteiger charge is -2.13. The highest BCUT2D eigenvalue weighted by molar-refractivity contribution is 5.96. The summed E-state index contributed by atoms with van der Waals surface area (Å²) in [4.78, 5) is 11.5. The van der Waals surface area contributed by atoms with Gasteiger partial charge in [-0.1, -0.05) is 0 Å². The summed E-state index contributed by atoms with van der Waals surface area (Å²) >= 11 is 0. The van der Waals surface area contributed by atoms with Crippen molar-refractivity contribution in [2.75, 3.05) is 19.0 Å². The molecule has 124 valence electrons. The summed E-state index contributed by atoms with van der Waals surface area (Å²) in [6.07, 6.45) is 1.28. The molecule has 1 aromatic carbocycles. The largest absolute Gasteiger partial charge is 0.493 e. The molecule has 0 unspecified atom stereocenters. The highest BCUT2D eigenvalue weighted by Crippen LogP contribution is 2.34. The normalized spacial score (nSPS) is 10.8. The third kappa shape index (κ3) is 3.58. The van der Waals surface area contributed by atoms with Gasteiger partial charge in [-0.2, -0.15) is 10.5 Å². The number of aromatic nitrogens is 4. The Morgan fingerprint density at radius 1 is 1.50 bits per heavy atom. The third-order valence-electron chi connectivity index (χ3n) is 2.91. The Morgan fingerprint density at radius 2 is 2.29 bits per heavy atom. The van der Waals surface area contributed by atoms with E-state index in [2.05, 4.69) is 25.9 Å². The fraction of sp³-hybridized carbons (Fsp3) is 0.214. The molecule has 1 heterocycles. The molecule has 0 bridgehead atoms. The molecule has 0 radical (unpaired) electrons. The molecule has 2 aromatic rings. The predicted octanol–water partition coefficient (Wildman–Crippen LogP) is 1.28. The number of anilines is 1. The van der Waals surface area contributed by atoms with Crippen molar-refractivity contribution in [1.29, 1.82) is 5.26 Å². The van der Waals surface area contributed by atoms with Gasteiger partial charge in [-0.3, -0.25) is 0 Å². The molecule has 3 N–H and O–H groups in total. The number of H-pyrrole nitrogens is 1. The molecule has 10 heteroatoms. The predicted molar refractivity (Wildman–Crippen MR) is 82.5 cm³/mol. The van der Waals surface area contributed by atoms with Gasteiger partial charge in [0.15, 0.2) is 11.5 Å². The van der Waals surface area contributed by atoms with Crippen LogP contribution in [0.25, 0.3) is 5.57 Å². The average molecular weight is 330 g/mol. The highest BCUT2D eigenvalue weighted by atomic mass is 16.5. The Kier molecular flexibility index (Phi) is 5.30. The van der Waals surface area contributed by atoms with Crippen molar-refractivity contribution in [3.05, 3.63) is 29.7 Å². The van der Waals surface area contributed by atoms with Crippen LogP contribution in [0.3, 0.4) is 0 Å². The Balaban J connectivity index is 2.41. The molecule has 0 spiro atoms. The second kappa shape index (κ2) is 7.59. The van der Waals surface area contributed by atoms with Crippen LogP contribution in [0.5, 0.6) is 11.5 Å². The van der Waals surface area contributed by atoms with Crippen molar-refractivity contribution in [2.45, 2.75) is 6.92 Å². The lowest BCUT2D eigenvalue weighted by Crippen LogP contribution is -2.05. The monoisotopic (exact) mass is 330 g/mol. The van der Waals surface area contributed by atoms with Crippen LogP contribution in [0.4, 0.5) is 5.69 Å². The van der Waals surface area contributed by atoms with E-state index in [9.17, 15) is 9.90 Å². The molecule has 0 amide bonds. The number of methoxy groups -OCH3 is 1. The molecular formula is C14H14N6O4. The first-order chi connectivity index (χ1) is 11.6. The smallest absolute Gasteiger partial charge is 0.337 e. The summed E-state index contributed by atoms with van der Waals surface area (Å²) in [5.41, 5.74) is 0.257. The molecule has 0 saturated heterocycles. The Labute approximate surface area is 136 Å². The molecule has 0 atom stereocenters. The third-order valence-corrected chi connectivity index (χ3v) is 2.91. The molecule has 0 fully saturated rings. The zero-order chi connectivity index (χ0) is 17.5. The van der Waals surface area contributed by atoms with Crippen molar-refractivity contribution in [3.8, 4) is 17.6 Å². The molecule has 10 nitrogen and oxygen atoms in total. The van der Waals surface area contributed by atoms with Crippen LogP contribution in [0, 0.1) is 11.3 Å². The van der Waals surface area contributed by atoms with Crippen molar-refractivity contribution in [3.63, 3.8) is 0 Å². The number of carboxylic acids is 1. The number of nitriles is 1. The second-order valence-corrected chi connectivity index (χ2v) is 4.34. The second-order valence-electron chi connectivity index (χ2n) is 4.34. The van der Waals surface area contributed by atoms with Crippen LogP contribution in [-0.2, 0) is 0 Å². The van der Waals surface area contributed by atoms with E-state index in [0.29, 0.717) is 18.1 Å². The number of carbonyl (C=O) groups is 1. The SMILES string of the molecule is CCOc1cc(C(=O)O)c(NC=C(C#N)c2nn[nH]n2)cc1OC. The first-order valence-electron chi connectivity index (χ1n) is 6.79. The van der Waals surface area contributed by atoms with Crippen LogP contribution in [-0.4, -0.2) is 45.4 Å². The summed E-state index contributed by atoms with van der Waals surface area (Å²) in [5.74, 6) is -0.409. The number of hydrogen-bond acceptors (Lipinski definition) is 8. The summed E-state index contributed by atoms with van der Waals surface area (Å²) < 4.78 is 10.6. The number of nitrogens with zero attached hydrogens (tertiary/aromatic N) is 4. The summed E-state index contributed by atoms with van der Waals surface area (Å²) in [5, 5.41) is 34.2. The van der Waals surface area contributed by atoms with E-state index in [4.69, 9.17) is 14.7 Å². The Bertz CT molecular complexity index is 794. The number of rotatable bonds is 7. The van der Waals surface area contributed by atoms with Gasteiger partial charge in [0, 0.05) is 18.3 Å². The van der Waals surface area contributed by atoms with E-state index in [1.807, 2.05) is 6.07 Å². The first-order valence-corrected chi connectivity index (χ1v) is 6.79. The van der Waals surface area contributed by atoms with Crippen molar-refractivity contribution in [1.82, 2.24) is 20.6 Å². The van der Waals surface area contributed by atoms with E-state index >= 15 is 0 Å². The minimum absolute atomic E-state index is 0.0408. The first kappa shape index (κ1) is 16.8. The number of benzene rings is 1. The fourth-order valence-corrected chi connectivity index (χ4v) is 1.86. The summed E-state index contributed by atoms with van der Waals surface area (Å²) in [6, 6.07) is 4.71. The average Bonchev–Trinajstić information content (AvgIpc) is 3.10. The minimum atomic E-state index is -1.16. The maximum absolute atomic E-state index is 11.5. The quantitative estimate of drug-likeness (QED) is 0.639. The molecule has 2 rings (SSSR count). The molecule has 1 aromatic heterocycles. The van der Waals surface area contributed by atoms with Crippen molar-refractivity contribution < 1.29 is 19.4 Å². The number of ether oxygens (including phenoxy) is 2. The number of carboxylic acid groups (broad SMARTS) is 1. The van der Waals surface area contributed by atoms with E-state index in [1.165, 1.54) is 25.4 Å². The zero-order valence-corrected chi connectivity index (χ0v) is 12.9. The van der Waals surface area contributed by atoms with E-state index < -0.39 is 5.97 Å². The van der Waals surface area contributed by atoms with Crippen molar-refractivity contribution in [2.24, 2.45) is 0 Å². The summed E-state index contributed by atoms with van der Waals surface area (Å²) in [6.45, 7) is 2.14. The maximum atomic E-state index is 11.5. The van der Waals surface area contributed by atoms with Gasteiger partial charge < -0.3 is 19.9 Å². The van der Waals surface area contributed by atoms with Crippen LogP contribution in [0.15, 0.2) is 18.3 Å². The number of aromatic amines is 1. The molecule has 24 heavy (non-hydrogen) atoms. The molecular weight excluding hydrogens is 316 g/mol. The van der Waals surface area contributed by atoms with Crippen LogP contribution >= 0.6 is 0 Å². The van der Waals surface area contributed by atoms with E-state index in [0.717, 1.165) is 0 Å². The standard InChI is InChI=1S/C14H14N6O4/c1-3-24-12-4-9(14(21)22)10(5-11(12)23-2)16-7-8(6-15)13-17-19-20-18-13/h4-5,7,16H,3H2,1-2H3,(H,21,22)(H,17,18,19,20). The van der Waals surface area contributed by atoms with Crippen LogP contribution < -0.4 is 14.8 Å². The zero-order valence-electron chi connectivity index (χ0n) is 12.9. The van der Waals surface area contributed by atoms with Gasteiger partial charge in [0.05, 0.1) is 25.0 Å². The Hall–Kier alpha value is -3.61. The minimum Gasteiger partial charge on any atom is -0.493 e. The highest BCUT2D eigenvalue weighted by Gasteiger charge is 2.16. The topological polar surface area (TPSA) is 146 Å². The van der Waals surface area contributed by atoms with Gasteiger partial charge in [-0.15, -0.1) is 10.2 Å².